The van der Waals surface area contributed by atoms with Crippen LogP contribution in [0.2, 0.25) is 4.34 Å². The van der Waals surface area contributed by atoms with Crippen molar-refractivity contribution in [2.45, 2.75) is 12.5 Å². The molecule has 0 aliphatic carbocycles. The largest absolute Gasteiger partial charge is 0.346 e. The Morgan fingerprint density at radius 3 is 3.06 bits per heavy atom. The van der Waals surface area contributed by atoms with Crippen molar-refractivity contribution >= 4 is 28.8 Å². The number of carbonyl (C=O) groups excluding carboxylic acids is 1. The van der Waals surface area contributed by atoms with Gasteiger partial charge in [-0.25, -0.2) is 4.98 Å². The van der Waals surface area contributed by atoms with Crippen molar-refractivity contribution in [3.8, 4) is 0 Å². The number of fused-ring (bicyclic) bond motifs is 2. The quantitative estimate of drug-likeness (QED) is 0.867. The van der Waals surface area contributed by atoms with E-state index in [9.17, 15) is 4.79 Å². The molecule has 2 unspecified atom stereocenters. The molecule has 0 saturated carbocycles. The van der Waals surface area contributed by atoms with E-state index in [0.717, 1.165) is 13.1 Å². The van der Waals surface area contributed by atoms with Crippen molar-refractivity contribution in [2.24, 2.45) is 5.92 Å². The summed E-state index contributed by atoms with van der Waals surface area (Å²) in [5.41, 5.74) is 0. The minimum Gasteiger partial charge on any atom is -0.346 e. The van der Waals surface area contributed by atoms with Crippen LogP contribution in [-0.4, -0.2) is 41.5 Å². The average molecular weight is 258 g/mol. The molecule has 3 atom stereocenters. The van der Waals surface area contributed by atoms with Crippen LogP contribution in [-0.2, 0) is 0 Å². The van der Waals surface area contributed by atoms with Gasteiger partial charge in [-0.05, 0) is 18.9 Å². The molecule has 2 bridgehead atoms. The molecule has 0 aromatic carbocycles. The molecule has 6 heteroatoms. The third-order valence-corrected chi connectivity index (χ3v) is 4.43. The highest BCUT2D eigenvalue weighted by molar-refractivity contribution is 7.17. The summed E-state index contributed by atoms with van der Waals surface area (Å²) in [5, 5.41) is 3.51. The van der Waals surface area contributed by atoms with Crippen molar-refractivity contribution in [2.75, 3.05) is 19.6 Å². The van der Waals surface area contributed by atoms with Crippen LogP contribution in [0.1, 0.15) is 16.2 Å². The molecule has 1 N–H and O–H groups in total. The normalized spacial score (nSPS) is 31.9. The van der Waals surface area contributed by atoms with Crippen LogP contribution in [0.25, 0.3) is 0 Å². The van der Waals surface area contributed by atoms with Gasteiger partial charge in [0.05, 0.1) is 6.20 Å². The first-order valence-electron chi connectivity index (χ1n) is 5.37. The summed E-state index contributed by atoms with van der Waals surface area (Å²) in [6.07, 6.45) is 2.72. The number of halogens is 1. The van der Waals surface area contributed by atoms with Crippen LogP contribution in [0.15, 0.2) is 6.20 Å². The fraction of sp³-hybridized carbons (Fsp3) is 0.600. The summed E-state index contributed by atoms with van der Waals surface area (Å²) in [6.45, 7) is 3.29. The highest BCUT2D eigenvalue weighted by Gasteiger charge is 2.38. The molecule has 3 rings (SSSR count). The van der Waals surface area contributed by atoms with Gasteiger partial charge in [-0.1, -0.05) is 22.9 Å². The lowest BCUT2D eigenvalue weighted by Crippen LogP contribution is -2.43. The predicted octanol–water partition coefficient (Wildman–Crippen LogP) is 1.23. The fourth-order valence-electron chi connectivity index (χ4n) is 2.54. The highest BCUT2D eigenvalue weighted by atomic mass is 35.5. The SMILES string of the molecule is O=C(NC1CN2CC[C@H]1C2)c1ncc(Cl)s1. The van der Waals surface area contributed by atoms with Gasteiger partial charge in [0.1, 0.15) is 4.34 Å². The monoisotopic (exact) mass is 257 g/mol. The zero-order valence-corrected chi connectivity index (χ0v) is 10.2. The van der Waals surface area contributed by atoms with Gasteiger partial charge in [0, 0.05) is 19.1 Å². The van der Waals surface area contributed by atoms with Crippen molar-refractivity contribution in [1.29, 1.82) is 0 Å². The topological polar surface area (TPSA) is 45.2 Å². The molecule has 2 aliphatic rings. The van der Waals surface area contributed by atoms with E-state index < -0.39 is 0 Å². The van der Waals surface area contributed by atoms with Gasteiger partial charge in [0.25, 0.3) is 5.91 Å². The van der Waals surface area contributed by atoms with Gasteiger partial charge in [0.15, 0.2) is 5.01 Å². The summed E-state index contributed by atoms with van der Waals surface area (Å²) >= 11 is 6.98. The van der Waals surface area contributed by atoms with E-state index in [-0.39, 0.29) is 5.91 Å². The number of aromatic nitrogens is 1. The summed E-state index contributed by atoms with van der Waals surface area (Å²) in [6, 6.07) is 0.295. The highest BCUT2D eigenvalue weighted by Crippen LogP contribution is 2.28. The van der Waals surface area contributed by atoms with Crippen LogP contribution in [0.5, 0.6) is 0 Å². The number of nitrogens with one attached hydrogen (secondary N) is 1. The van der Waals surface area contributed by atoms with Crippen LogP contribution in [0.4, 0.5) is 0 Å². The fourth-order valence-corrected chi connectivity index (χ4v) is 3.35. The molecule has 1 aromatic heterocycles. The summed E-state index contributed by atoms with van der Waals surface area (Å²) in [4.78, 5) is 18.2. The van der Waals surface area contributed by atoms with E-state index in [1.807, 2.05) is 0 Å². The third kappa shape index (κ3) is 1.83. The van der Waals surface area contributed by atoms with Gasteiger partial charge < -0.3 is 10.2 Å². The molecule has 2 aliphatic heterocycles. The summed E-state index contributed by atoms with van der Waals surface area (Å²) in [7, 11) is 0. The first-order chi connectivity index (χ1) is 7.72. The van der Waals surface area contributed by atoms with Crippen LogP contribution in [0.3, 0.4) is 0 Å². The number of thiazole rings is 1. The van der Waals surface area contributed by atoms with Crippen LogP contribution >= 0.6 is 22.9 Å². The molecule has 4 nitrogen and oxygen atoms in total. The predicted molar refractivity (Wildman–Crippen MR) is 62.9 cm³/mol. The first-order valence-corrected chi connectivity index (χ1v) is 6.56. The molecule has 2 saturated heterocycles. The second kappa shape index (κ2) is 3.98. The van der Waals surface area contributed by atoms with Gasteiger partial charge in [-0.2, -0.15) is 0 Å². The molecule has 16 heavy (non-hydrogen) atoms. The number of rotatable bonds is 2. The zero-order chi connectivity index (χ0) is 11.1. The molecule has 2 fully saturated rings. The Kier molecular flexibility index (Phi) is 2.61. The zero-order valence-electron chi connectivity index (χ0n) is 8.65. The van der Waals surface area contributed by atoms with Crippen molar-refractivity contribution in [1.82, 2.24) is 15.2 Å². The maximum Gasteiger partial charge on any atom is 0.280 e. The van der Waals surface area contributed by atoms with E-state index >= 15 is 0 Å². The lowest BCUT2D eigenvalue weighted by molar-refractivity contribution is 0.0924. The third-order valence-electron chi connectivity index (χ3n) is 3.32. The molecule has 1 amide bonds. The number of piperidine rings is 1. The molecular weight excluding hydrogens is 246 g/mol. The number of hydrogen-bond donors (Lipinski definition) is 1. The second-order valence-corrected chi connectivity index (χ2v) is 6.02. The molecule has 3 heterocycles. The van der Waals surface area contributed by atoms with Gasteiger partial charge >= 0.3 is 0 Å². The maximum atomic E-state index is 11.8. The maximum absolute atomic E-state index is 11.8. The molecule has 86 valence electrons. The van der Waals surface area contributed by atoms with E-state index in [0.29, 0.717) is 21.3 Å². The van der Waals surface area contributed by atoms with Gasteiger partial charge in [-0.3, -0.25) is 4.79 Å². The van der Waals surface area contributed by atoms with Gasteiger partial charge in [-0.15, -0.1) is 0 Å². The Bertz CT molecular complexity index is 422. The van der Waals surface area contributed by atoms with Crippen molar-refractivity contribution in [3.05, 3.63) is 15.5 Å². The minimum absolute atomic E-state index is 0.0874. The second-order valence-electron chi connectivity index (χ2n) is 4.36. The van der Waals surface area contributed by atoms with E-state index in [1.165, 1.54) is 30.5 Å². The Labute approximate surface area is 103 Å². The molecule has 1 aromatic rings. The van der Waals surface area contributed by atoms with E-state index in [4.69, 9.17) is 11.6 Å². The molecule has 0 spiro atoms. The van der Waals surface area contributed by atoms with Crippen LogP contribution < -0.4 is 5.32 Å². The number of hydrogen-bond acceptors (Lipinski definition) is 4. The van der Waals surface area contributed by atoms with Crippen LogP contribution in [0, 0.1) is 5.92 Å². The summed E-state index contributed by atoms with van der Waals surface area (Å²) in [5.74, 6) is 0.537. The Hall–Kier alpha value is -0.650. The van der Waals surface area contributed by atoms with Crippen molar-refractivity contribution < 1.29 is 4.79 Å². The summed E-state index contributed by atoms with van der Waals surface area (Å²) < 4.78 is 0.557. The lowest BCUT2D eigenvalue weighted by atomic mass is 10.0. The Morgan fingerprint density at radius 1 is 1.62 bits per heavy atom. The Balaban J connectivity index is 1.65. The smallest absolute Gasteiger partial charge is 0.280 e. The lowest BCUT2D eigenvalue weighted by Gasteiger charge is -2.22. The number of amides is 1. The first kappa shape index (κ1) is 10.5. The number of carbonyl (C=O) groups is 1. The average Bonchev–Trinajstić information content (AvgIpc) is 2.92. The van der Waals surface area contributed by atoms with Gasteiger partial charge in [0.2, 0.25) is 0 Å². The molecular formula is C10H12ClN3OS. The minimum atomic E-state index is -0.0874. The van der Waals surface area contributed by atoms with Crippen molar-refractivity contribution in [3.63, 3.8) is 0 Å². The standard InChI is InChI=1S/C10H12ClN3OS/c11-8-3-12-10(16-8)9(15)13-7-5-14-2-1-6(7)4-14/h3,6-7H,1-2,4-5H2,(H,13,15)/t6-,7?/m0/s1. The number of nitrogens with zero attached hydrogens (tertiary/aromatic N) is 2. The Morgan fingerprint density at radius 2 is 2.50 bits per heavy atom. The van der Waals surface area contributed by atoms with E-state index in [1.54, 1.807) is 0 Å². The molecule has 0 radical (unpaired) electrons. The van der Waals surface area contributed by atoms with E-state index in [2.05, 4.69) is 15.2 Å².